The first-order valence-corrected chi connectivity index (χ1v) is 27.5. The zero-order valence-electron chi connectivity index (χ0n) is 41.5. The third-order valence-corrected chi connectivity index (χ3v) is 12.6. The minimum Gasteiger partial charge on any atom is -0.462 e. The monoisotopic (exact) mass is 863 g/mol. The maximum Gasteiger partial charge on any atom is 0.306 e. The van der Waals surface area contributed by atoms with Crippen LogP contribution in [0.5, 0.6) is 0 Å². The van der Waals surface area contributed by atoms with E-state index in [0.717, 1.165) is 57.8 Å². The summed E-state index contributed by atoms with van der Waals surface area (Å²) in [6.45, 7) is 6.69. The second-order valence-electron chi connectivity index (χ2n) is 18.9. The van der Waals surface area contributed by atoms with Gasteiger partial charge in [-0.3, -0.25) is 14.4 Å². The van der Waals surface area contributed by atoms with Crippen molar-refractivity contribution in [3.05, 3.63) is 0 Å². The topological polar surface area (TPSA) is 78.9 Å². The summed E-state index contributed by atoms with van der Waals surface area (Å²) in [5.74, 6) is -0.838. The van der Waals surface area contributed by atoms with Crippen LogP contribution in [-0.2, 0) is 28.6 Å². The number of hydrogen-bond donors (Lipinski definition) is 0. The molecule has 0 fully saturated rings. The molecule has 0 heterocycles. The van der Waals surface area contributed by atoms with Crippen molar-refractivity contribution in [3.63, 3.8) is 0 Å². The molecule has 0 radical (unpaired) electrons. The lowest BCUT2D eigenvalue weighted by Crippen LogP contribution is -2.30. The van der Waals surface area contributed by atoms with Crippen LogP contribution in [0.15, 0.2) is 0 Å². The SMILES string of the molecule is CCCCCCCCCCCCCCCCCCCCCC(=O)OC[C@@H](COC(=O)CCCCCCCCCCCCC)OC(=O)CCCCCCCCCCCCCCC. The Labute approximate surface area is 380 Å². The van der Waals surface area contributed by atoms with Gasteiger partial charge in [0.15, 0.2) is 6.10 Å². The summed E-state index contributed by atoms with van der Waals surface area (Å²) < 4.78 is 16.8. The third-order valence-electron chi connectivity index (χ3n) is 12.6. The van der Waals surface area contributed by atoms with E-state index in [0.29, 0.717) is 19.3 Å². The average Bonchev–Trinajstić information content (AvgIpc) is 3.26. The standard InChI is InChI=1S/C55H106O6/c1-4-7-10-13-16-19-22-24-25-26-27-28-29-31-33-36-39-42-45-48-54(57)60-51-52(50-59-53(56)47-44-41-38-35-32-21-18-15-12-9-6-3)61-55(58)49-46-43-40-37-34-30-23-20-17-14-11-8-5-2/h52H,4-51H2,1-3H3/t52-/m1/s1. The molecule has 0 N–H and O–H groups in total. The molecule has 61 heavy (non-hydrogen) atoms. The molecule has 0 rings (SSSR count). The number of rotatable bonds is 51. The van der Waals surface area contributed by atoms with Crippen LogP contribution in [0.25, 0.3) is 0 Å². The van der Waals surface area contributed by atoms with Gasteiger partial charge < -0.3 is 14.2 Å². The lowest BCUT2D eigenvalue weighted by Gasteiger charge is -2.18. The molecule has 0 aromatic rings. The first-order valence-electron chi connectivity index (χ1n) is 27.5. The van der Waals surface area contributed by atoms with Crippen LogP contribution in [-0.4, -0.2) is 37.2 Å². The Morgan fingerprint density at radius 2 is 0.443 bits per heavy atom. The molecule has 0 aliphatic heterocycles. The molecule has 1 atom stereocenters. The molecule has 0 spiro atoms. The third kappa shape index (κ3) is 49.3. The predicted octanol–water partition coefficient (Wildman–Crippen LogP) is 18.0. The van der Waals surface area contributed by atoms with Crippen molar-refractivity contribution in [1.82, 2.24) is 0 Å². The highest BCUT2D eigenvalue weighted by Gasteiger charge is 2.19. The Kier molecular flexibility index (Phi) is 49.7. The van der Waals surface area contributed by atoms with Gasteiger partial charge in [-0.25, -0.2) is 0 Å². The van der Waals surface area contributed by atoms with E-state index in [2.05, 4.69) is 20.8 Å². The van der Waals surface area contributed by atoms with E-state index in [1.54, 1.807) is 0 Å². The normalized spacial score (nSPS) is 11.9. The summed E-state index contributed by atoms with van der Waals surface area (Å²) >= 11 is 0. The molecule has 0 unspecified atom stereocenters. The highest BCUT2D eigenvalue weighted by atomic mass is 16.6. The van der Waals surface area contributed by atoms with Gasteiger partial charge in [0, 0.05) is 19.3 Å². The Morgan fingerprint density at radius 3 is 0.656 bits per heavy atom. The van der Waals surface area contributed by atoms with Crippen molar-refractivity contribution in [2.24, 2.45) is 0 Å². The van der Waals surface area contributed by atoms with Gasteiger partial charge >= 0.3 is 17.9 Å². The van der Waals surface area contributed by atoms with Crippen LogP contribution in [0.3, 0.4) is 0 Å². The average molecular weight is 863 g/mol. The summed E-state index contributed by atoms with van der Waals surface area (Å²) in [6.07, 6.45) is 55.2. The fourth-order valence-electron chi connectivity index (χ4n) is 8.45. The quantitative estimate of drug-likeness (QED) is 0.0344. The van der Waals surface area contributed by atoms with Gasteiger partial charge in [-0.05, 0) is 19.3 Å². The molecule has 0 saturated heterocycles. The number of carbonyl (C=O) groups is 3. The molecule has 0 aliphatic carbocycles. The highest BCUT2D eigenvalue weighted by molar-refractivity contribution is 5.71. The lowest BCUT2D eigenvalue weighted by atomic mass is 10.0. The minimum atomic E-state index is -0.759. The molecule has 0 amide bonds. The number of hydrogen-bond acceptors (Lipinski definition) is 6. The maximum atomic E-state index is 12.8. The summed E-state index contributed by atoms with van der Waals surface area (Å²) in [6, 6.07) is 0. The van der Waals surface area contributed by atoms with Crippen LogP contribution in [0.1, 0.15) is 316 Å². The van der Waals surface area contributed by atoms with Gasteiger partial charge in [0.2, 0.25) is 0 Å². The van der Waals surface area contributed by atoms with E-state index in [1.165, 1.54) is 218 Å². The molecular weight excluding hydrogens is 757 g/mol. The Morgan fingerprint density at radius 1 is 0.262 bits per heavy atom. The van der Waals surface area contributed by atoms with Gasteiger partial charge in [0.1, 0.15) is 13.2 Å². The molecule has 362 valence electrons. The maximum absolute atomic E-state index is 12.8. The molecule has 0 bridgehead atoms. The second-order valence-corrected chi connectivity index (χ2v) is 18.9. The van der Waals surface area contributed by atoms with Crippen molar-refractivity contribution in [2.45, 2.75) is 322 Å². The summed E-state index contributed by atoms with van der Waals surface area (Å²) in [5.41, 5.74) is 0. The smallest absolute Gasteiger partial charge is 0.306 e. The zero-order valence-corrected chi connectivity index (χ0v) is 41.5. The number of ether oxygens (including phenoxy) is 3. The number of esters is 3. The Hall–Kier alpha value is -1.59. The van der Waals surface area contributed by atoms with E-state index < -0.39 is 6.10 Å². The molecule has 0 saturated carbocycles. The van der Waals surface area contributed by atoms with Crippen molar-refractivity contribution >= 4 is 17.9 Å². The molecular formula is C55H106O6. The van der Waals surface area contributed by atoms with Crippen molar-refractivity contribution in [3.8, 4) is 0 Å². The second kappa shape index (κ2) is 51.0. The zero-order chi connectivity index (χ0) is 44.4. The summed E-state index contributed by atoms with van der Waals surface area (Å²) in [7, 11) is 0. The van der Waals surface area contributed by atoms with E-state index in [4.69, 9.17) is 14.2 Å². The number of unbranched alkanes of at least 4 members (excludes halogenated alkanes) is 40. The lowest BCUT2D eigenvalue weighted by molar-refractivity contribution is -0.167. The van der Waals surface area contributed by atoms with E-state index in [-0.39, 0.29) is 31.1 Å². The van der Waals surface area contributed by atoms with Crippen molar-refractivity contribution in [1.29, 1.82) is 0 Å². The van der Waals surface area contributed by atoms with Crippen molar-refractivity contribution in [2.75, 3.05) is 13.2 Å². The van der Waals surface area contributed by atoms with E-state index in [1.807, 2.05) is 0 Å². The van der Waals surface area contributed by atoms with Crippen molar-refractivity contribution < 1.29 is 28.6 Å². The van der Waals surface area contributed by atoms with Gasteiger partial charge in [-0.15, -0.1) is 0 Å². The molecule has 6 nitrogen and oxygen atoms in total. The van der Waals surface area contributed by atoms with Crippen LogP contribution >= 0.6 is 0 Å². The van der Waals surface area contributed by atoms with Crippen LogP contribution < -0.4 is 0 Å². The molecule has 6 heteroatoms. The van der Waals surface area contributed by atoms with Gasteiger partial charge in [0.05, 0.1) is 0 Å². The summed E-state index contributed by atoms with van der Waals surface area (Å²) in [4.78, 5) is 38.0. The summed E-state index contributed by atoms with van der Waals surface area (Å²) in [5, 5.41) is 0. The van der Waals surface area contributed by atoms with Gasteiger partial charge in [-0.2, -0.15) is 0 Å². The van der Waals surface area contributed by atoms with Gasteiger partial charge in [0.25, 0.3) is 0 Å². The predicted molar refractivity (Wildman–Crippen MR) is 261 cm³/mol. The van der Waals surface area contributed by atoms with E-state index in [9.17, 15) is 14.4 Å². The first-order chi connectivity index (χ1) is 30.0. The highest BCUT2D eigenvalue weighted by Crippen LogP contribution is 2.17. The van der Waals surface area contributed by atoms with Crippen LogP contribution in [0.2, 0.25) is 0 Å². The fraction of sp³-hybridized carbons (Fsp3) is 0.945. The molecule has 0 aliphatic rings. The Balaban J connectivity index is 4.23. The van der Waals surface area contributed by atoms with E-state index >= 15 is 0 Å². The number of carbonyl (C=O) groups excluding carboxylic acids is 3. The largest absolute Gasteiger partial charge is 0.462 e. The van der Waals surface area contributed by atoms with Gasteiger partial charge in [-0.1, -0.05) is 278 Å². The minimum absolute atomic E-state index is 0.0615. The van der Waals surface area contributed by atoms with Crippen LogP contribution in [0.4, 0.5) is 0 Å². The molecule has 0 aromatic carbocycles. The Bertz CT molecular complexity index is 905. The molecule has 0 aromatic heterocycles. The fourth-order valence-corrected chi connectivity index (χ4v) is 8.45. The first kappa shape index (κ1) is 59.4. The van der Waals surface area contributed by atoms with Crippen LogP contribution in [0, 0.1) is 0 Å².